The number of esters is 2. The lowest BCUT2D eigenvalue weighted by molar-refractivity contribution is -0.144. The van der Waals surface area contributed by atoms with Gasteiger partial charge in [-0.15, -0.1) is 0 Å². The molecule has 0 aromatic heterocycles. The fraction of sp³-hybridized carbons (Fsp3) is 0.450. The Hall–Kier alpha value is -3.27. The molecule has 2 heterocycles. The van der Waals surface area contributed by atoms with E-state index in [1.165, 1.54) is 18.2 Å². The molecule has 0 aliphatic carbocycles. The van der Waals surface area contributed by atoms with Crippen molar-refractivity contribution >= 4 is 29.7 Å². The second-order valence-corrected chi connectivity index (χ2v) is 6.93. The number of carbonyl (C=O) groups is 5. The highest BCUT2D eigenvalue weighted by Gasteiger charge is 2.38. The molecule has 3 amide bonds. The number of hydrogen-bond acceptors (Lipinski definition) is 8. The number of nitrogens with zero attached hydrogens (tertiary/aromatic N) is 2. The van der Waals surface area contributed by atoms with E-state index in [2.05, 4.69) is 9.47 Å². The van der Waals surface area contributed by atoms with Crippen LogP contribution >= 0.6 is 0 Å². The summed E-state index contributed by atoms with van der Waals surface area (Å²) >= 11 is 0. The summed E-state index contributed by atoms with van der Waals surface area (Å²) in [7, 11) is 2.32. The van der Waals surface area contributed by atoms with Gasteiger partial charge in [-0.2, -0.15) is 0 Å². The fourth-order valence-corrected chi connectivity index (χ4v) is 3.40. The van der Waals surface area contributed by atoms with Crippen LogP contribution in [-0.2, 0) is 23.8 Å². The second-order valence-electron chi connectivity index (χ2n) is 6.93. The van der Waals surface area contributed by atoms with Gasteiger partial charge >= 0.3 is 11.9 Å². The number of carbonyl (C=O) groups excluding carboxylic acids is 5. The van der Waals surface area contributed by atoms with E-state index in [9.17, 15) is 24.0 Å². The quantitative estimate of drug-likeness (QED) is 0.457. The van der Waals surface area contributed by atoms with E-state index >= 15 is 0 Å². The molecule has 1 unspecified atom stereocenters. The highest BCUT2D eigenvalue weighted by molar-refractivity contribution is 6.22. The Bertz CT molecular complexity index is 873. The van der Waals surface area contributed by atoms with Crippen LogP contribution in [0.25, 0.3) is 0 Å². The molecule has 0 radical (unpaired) electrons. The summed E-state index contributed by atoms with van der Waals surface area (Å²) in [6.45, 7) is -0.186. The third-order valence-corrected chi connectivity index (χ3v) is 5.01. The predicted molar refractivity (Wildman–Crippen MR) is 101 cm³/mol. The molecule has 2 aliphatic rings. The molecule has 10 heteroatoms. The molecule has 160 valence electrons. The second kappa shape index (κ2) is 9.04. The number of fused-ring (bicyclic) bond motifs is 1. The van der Waals surface area contributed by atoms with Crippen LogP contribution < -0.4 is 0 Å². The molecule has 10 nitrogen and oxygen atoms in total. The van der Waals surface area contributed by atoms with Crippen LogP contribution in [0.3, 0.4) is 0 Å². The van der Waals surface area contributed by atoms with Crippen LogP contribution in [0.15, 0.2) is 18.2 Å². The van der Waals surface area contributed by atoms with Crippen molar-refractivity contribution in [2.75, 3.05) is 40.5 Å². The fourth-order valence-electron chi connectivity index (χ4n) is 3.40. The highest BCUT2D eigenvalue weighted by Crippen LogP contribution is 2.26. The van der Waals surface area contributed by atoms with Crippen LogP contribution in [0.1, 0.15) is 43.9 Å². The molecule has 30 heavy (non-hydrogen) atoms. The maximum Gasteiger partial charge on any atom is 0.325 e. The monoisotopic (exact) mass is 418 g/mol. The molecule has 1 saturated heterocycles. The summed E-state index contributed by atoms with van der Waals surface area (Å²) in [4.78, 5) is 63.6. The van der Waals surface area contributed by atoms with Crippen LogP contribution in [0.2, 0.25) is 0 Å². The molecule has 1 aromatic carbocycles. The SMILES string of the molecule is COC(=O)CN(CC(=O)OC)C(=O)c1ccc2c(c1)C(=O)N(CC1CCCO1)C2=O. The average Bonchev–Trinajstić information content (AvgIpc) is 3.35. The van der Waals surface area contributed by atoms with Gasteiger partial charge in [-0.1, -0.05) is 0 Å². The van der Waals surface area contributed by atoms with Crippen molar-refractivity contribution in [2.45, 2.75) is 18.9 Å². The zero-order valence-electron chi connectivity index (χ0n) is 16.7. The van der Waals surface area contributed by atoms with Crippen LogP contribution in [-0.4, -0.2) is 86.0 Å². The van der Waals surface area contributed by atoms with E-state index in [-0.39, 0.29) is 29.3 Å². The maximum absolute atomic E-state index is 12.9. The van der Waals surface area contributed by atoms with Gasteiger partial charge in [0.15, 0.2) is 0 Å². The summed E-state index contributed by atoms with van der Waals surface area (Å²) < 4.78 is 14.6. The predicted octanol–water partition coefficient (Wildman–Crippen LogP) is 0.250. The van der Waals surface area contributed by atoms with Crippen molar-refractivity contribution in [3.8, 4) is 0 Å². The first-order valence-electron chi connectivity index (χ1n) is 9.40. The Morgan fingerprint density at radius 1 is 1.07 bits per heavy atom. The number of amides is 3. The molecule has 0 bridgehead atoms. The number of rotatable bonds is 7. The van der Waals surface area contributed by atoms with Gasteiger partial charge < -0.3 is 19.1 Å². The molecule has 0 spiro atoms. The van der Waals surface area contributed by atoms with Gasteiger partial charge in [-0.25, -0.2) is 0 Å². The third-order valence-electron chi connectivity index (χ3n) is 5.01. The molecular formula is C20H22N2O8. The third kappa shape index (κ3) is 4.33. The smallest absolute Gasteiger partial charge is 0.325 e. The summed E-state index contributed by atoms with van der Waals surface area (Å²) in [6.07, 6.45) is 1.46. The normalized spacial score (nSPS) is 17.7. The van der Waals surface area contributed by atoms with Crippen molar-refractivity contribution < 1.29 is 38.2 Å². The minimum absolute atomic E-state index is 0.0571. The van der Waals surface area contributed by atoms with Crippen molar-refractivity contribution in [3.63, 3.8) is 0 Å². The molecule has 3 rings (SSSR count). The average molecular weight is 418 g/mol. The van der Waals surface area contributed by atoms with E-state index < -0.39 is 42.7 Å². The number of imide groups is 1. The number of hydrogen-bond donors (Lipinski definition) is 0. The van der Waals surface area contributed by atoms with E-state index in [1.54, 1.807) is 0 Å². The van der Waals surface area contributed by atoms with Crippen molar-refractivity contribution in [1.29, 1.82) is 0 Å². The zero-order valence-corrected chi connectivity index (χ0v) is 16.7. The Morgan fingerprint density at radius 2 is 1.70 bits per heavy atom. The molecule has 0 saturated carbocycles. The van der Waals surface area contributed by atoms with Crippen LogP contribution in [0.4, 0.5) is 0 Å². The van der Waals surface area contributed by atoms with Gasteiger partial charge in [-0.05, 0) is 31.0 Å². The summed E-state index contributed by atoms with van der Waals surface area (Å²) in [5, 5.41) is 0. The number of benzene rings is 1. The number of methoxy groups -OCH3 is 2. The van der Waals surface area contributed by atoms with Crippen molar-refractivity contribution in [1.82, 2.24) is 9.80 Å². The van der Waals surface area contributed by atoms with Crippen molar-refractivity contribution in [2.24, 2.45) is 0 Å². The van der Waals surface area contributed by atoms with E-state index in [1.807, 2.05) is 0 Å². The minimum Gasteiger partial charge on any atom is -0.468 e. The van der Waals surface area contributed by atoms with Gasteiger partial charge in [-0.3, -0.25) is 28.9 Å². The van der Waals surface area contributed by atoms with Gasteiger partial charge in [0.2, 0.25) is 0 Å². The largest absolute Gasteiger partial charge is 0.468 e. The topological polar surface area (TPSA) is 120 Å². The molecule has 2 aliphatic heterocycles. The first-order chi connectivity index (χ1) is 14.3. The minimum atomic E-state index is -0.720. The van der Waals surface area contributed by atoms with Gasteiger partial charge in [0.1, 0.15) is 13.1 Å². The van der Waals surface area contributed by atoms with Crippen molar-refractivity contribution in [3.05, 3.63) is 34.9 Å². The molecule has 1 atom stereocenters. The summed E-state index contributed by atoms with van der Waals surface area (Å²) in [6, 6.07) is 4.07. The van der Waals surface area contributed by atoms with Gasteiger partial charge in [0.25, 0.3) is 17.7 Å². The van der Waals surface area contributed by atoms with Crippen LogP contribution in [0, 0.1) is 0 Å². The van der Waals surface area contributed by atoms with E-state index in [4.69, 9.17) is 4.74 Å². The lowest BCUT2D eigenvalue weighted by Gasteiger charge is -2.20. The molecule has 0 N–H and O–H groups in total. The lowest BCUT2D eigenvalue weighted by atomic mass is 10.0. The Balaban J connectivity index is 1.82. The first-order valence-corrected chi connectivity index (χ1v) is 9.40. The molecule has 1 aromatic rings. The highest BCUT2D eigenvalue weighted by atomic mass is 16.5. The number of ether oxygens (including phenoxy) is 3. The Morgan fingerprint density at radius 3 is 2.27 bits per heavy atom. The molecule has 1 fully saturated rings. The summed E-state index contributed by atoms with van der Waals surface area (Å²) in [5.41, 5.74) is 0.351. The Kier molecular flexibility index (Phi) is 6.46. The maximum atomic E-state index is 12.9. The van der Waals surface area contributed by atoms with Gasteiger partial charge in [0.05, 0.1) is 38.0 Å². The zero-order chi connectivity index (χ0) is 21.8. The van der Waals surface area contributed by atoms with E-state index in [0.717, 1.165) is 36.9 Å². The Labute approximate surface area is 172 Å². The lowest BCUT2D eigenvalue weighted by Crippen LogP contribution is -2.40. The standard InChI is InChI=1S/C20H22N2O8/c1-28-16(23)10-21(11-17(24)29-2)18(25)12-5-6-14-15(8-12)20(27)22(19(14)26)9-13-4-3-7-30-13/h5-6,8,13H,3-4,7,9-11H2,1-2H3. The first kappa shape index (κ1) is 21.4. The summed E-state index contributed by atoms with van der Waals surface area (Å²) in [5.74, 6) is -3.06. The van der Waals surface area contributed by atoms with Gasteiger partial charge in [0, 0.05) is 12.2 Å². The van der Waals surface area contributed by atoms with E-state index in [0.29, 0.717) is 6.61 Å². The molecular weight excluding hydrogens is 396 g/mol. The van der Waals surface area contributed by atoms with Crippen LogP contribution in [0.5, 0.6) is 0 Å².